The van der Waals surface area contributed by atoms with Gasteiger partial charge in [0.2, 0.25) is 0 Å². The first-order valence-corrected chi connectivity index (χ1v) is 14.4. The van der Waals surface area contributed by atoms with Gasteiger partial charge in [0.25, 0.3) is 5.91 Å². The van der Waals surface area contributed by atoms with Crippen LogP contribution >= 0.6 is 11.6 Å². The SMILES string of the molecule is Cc1c(C)n(Cc2ccc(Cl)c(OC(C(=O)O)C(C)C)c2)c2ccc(C(=O)NC(C)c3cccc(C(C)C)c3)cc12. The zero-order chi connectivity index (χ0) is 30.0. The molecule has 1 amide bonds. The van der Waals surface area contributed by atoms with Crippen LogP contribution in [0.5, 0.6) is 5.75 Å². The number of amides is 1. The minimum Gasteiger partial charge on any atom is -0.478 e. The van der Waals surface area contributed by atoms with Crippen molar-refractivity contribution in [1.29, 1.82) is 0 Å². The molecule has 0 aliphatic heterocycles. The summed E-state index contributed by atoms with van der Waals surface area (Å²) < 4.78 is 8.00. The van der Waals surface area contributed by atoms with Crippen LogP contribution in [-0.2, 0) is 11.3 Å². The molecule has 1 heterocycles. The van der Waals surface area contributed by atoms with Crippen molar-refractivity contribution >= 4 is 34.4 Å². The Hall–Kier alpha value is -3.77. The maximum Gasteiger partial charge on any atom is 0.345 e. The van der Waals surface area contributed by atoms with E-state index in [9.17, 15) is 14.7 Å². The van der Waals surface area contributed by atoms with Crippen molar-refractivity contribution in [2.24, 2.45) is 5.92 Å². The van der Waals surface area contributed by atoms with Crippen molar-refractivity contribution in [2.45, 2.75) is 73.1 Å². The number of fused-ring (bicyclic) bond motifs is 1. The van der Waals surface area contributed by atoms with Crippen molar-refractivity contribution < 1.29 is 19.4 Å². The number of hydrogen-bond donors (Lipinski definition) is 2. The van der Waals surface area contributed by atoms with Crippen molar-refractivity contribution in [3.63, 3.8) is 0 Å². The quantitative estimate of drug-likeness (QED) is 0.201. The summed E-state index contributed by atoms with van der Waals surface area (Å²) in [6, 6.07) is 19.5. The lowest BCUT2D eigenvalue weighted by Gasteiger charge is -2.20. The molecule has 2 unspecified atom stereocenters. The van der Waals surface area contributed by atoms with E-state index in [1.54, 1.807) is 26.0 Å². The number of nitrogens with zero attached hydrogens (tertiary/aromatic N) is 1. The highest BCUT2D eigenvalue weighted by molar-refractivity contribution is 6.32. The molecule has 0 saturated heterocycles. The summed E-state index contributed by atoms with van der Waals surface area (Å²) >= 11 is 6.36. The topological polar surface area (TPSA) is 80.6 Å². The lowest BCUT2D eigenvalue weighted by Crippen LogP contribution is -2.32. The Morgan fingerprint density at radius 1 is 0.951 bits per heavy atom. The van der Waals surface area contributed by atoms with Crippen LogP contribution in [0.2, 0.25) is 5.02 Å². The second kappa shape index (κ2) is 12.4. The number of rotatable bonds is 10. The number of aliphatic carboxylic acids is 1. The third-order valence-electron chi connectivity index (χ3n) is 7.77. The normalized spacial score (nSPS) is 13.0. The lowest BCUT2D eigenvalue weighted by atomic mass is 9.98. The smallest absolute Gasteiger partial charge is 0.345 e. The molecule has 1 aromatic heterocycles. The number of benzene rings is 3. The summed E-state index contributed by atoms with van der Waals surface area (Å²) in [5.41, 5.74) is 7.06. The highest BCUT2D eigenvalue weighted by Crippen LogP contribution is 2.31. The van der Waals surface area contributed by atoms with Crippen LogP contribution in [0.4, 0.5) is 0 Å². The molecular formula is C34H39ClN2O4. The van der Waals surface area contributed by atoms with Gasteiger partial charge in [-0.3, -0.25) is 4.79 Å². The predicted octanol–water partition coefficient (Wildman–Crippen LogP) is 8.06. The Kier molecular flexibility index (Phi) is 9.13. The van der Waals surface area contributed by atoms with Crippen LogP contribution in [-0.4, -0.2) is 27.7 Å². The molecular weight excluding hydrogens is 536 g/mol. The molecule has 7 heteroatoms. The second-order valence-electron chi connectivity index (χ2n) is 11.4. The van der Waals surface area contributed by atoms with E-state index in [0.29, 0.717) is 28.8 Å². The average Bonchev–Trinajstić information content (AvgIpc) is 3.16. The van der Waals surface area contributed by atoms with Crippen LogP contribution in [0.25, 0.3) is 10.9 Å². The Morgan fingerprint density at radius 3 is 2.32 bits per heavy atom. The molecule has 3 aromatic carbocycles. The zero-order valence-corrected chi connectivity index (χ0v) is 25.5. The van der Waals surface area contributed by atoms with Gasteiger partial charge in [-0.1, -0.05) is 69.6 Å². The molecule has 2 N–H and O–H groups in total. The van der Waals surface area contributed by atoms with Gasteiger partial charge >= 0.3 is 5.97 Å². The number of ether oxygens (including phenoxy) is 1. The minimum absolute atomic E-state index is 0.114. The molecule has 216 valence electrons. The number of hydrogen-bond acceptors (Lipinski definition) is 3. The maximum atomic E-state index is 13.3. The van der Waals surface area contributed by atoms with Gasteiger partial charge in [-0.15, -0.1) is 0 Å². The van der Waals surface area contributed by atoms with Crippen LogP contribution in [0, 0.1) is 19.8 Å². The summed E-state index contributed by atoms with van der Waals surface area (Å²) in [6.07, 6.45) is -0.995. The molecule has 6 nitrogen and oxygen atoms in total. The standard InChI is InChI=1S/C34H39ClN2O4/c1-19(2)25-9-8-10-26(16-25)22(6)36-33(38)27-12-14-30-28(17-27)21(5)23(7)37(30)18-24-11-13-29(35)31(15-24)41-32(20(3)4)34(39)40/h8-17,19-20,22,32H,18H2,1-7H3,(H,36,38)(H,39,40). The number of halogens is 1. The van der Waals surface area contributed by atoms with Gasteiger partial charge in [0.1, 0.15) is 5.75 Å². The van der Waals surface area contributed by atoms with Gasteiger partial charge in [0, 0.05) is 34.6 Å². The van der Waals surface area contributed by atoms with E-state index in [2.05, 4.69) is 49.7 Å². The van der Waals surface area contributed by atoms with Crippen molar-refractivity contribution in [3.8, 4) is 5.75 Å². The predicted molar refractivity (Wildman–Crippen MR) is 165 cm³/mol. The van der Waals surface area contributed by atoms with Gasteiger partial charge in [-0.25, -0.2) is 4.79 Å². The minimum atomic E-state index is -1.03. The number of carbonyl (C=O) groups excluding carboxylic acids is 1. The van der Waals surface area contributed by atoms with E-state index in [-0.39, 0.29) is 17.9 Å². The first kappa shape index (κ1) is 30.2. The molecule has 2 atom stereocenters. The number of carboxylic acid groups (broad SMARTS) is 1. The van der Waals surface area contributed by atoms with E-state index in [1.165, 1.54) is 5.56 Å². The first-order valence-electron chi connectivity index (χ1n) is 14.0. The summed E-state index contributed by atoms with van der Waals surface area (Å²) in [4.78, 5) is 24.9. The Labute approximate surface area is 247 Å². The van der Waals surface area contributed by atoms with E-state index in [4.69, 9.17) is 16.3 Å². The van der Waals surface area contributed by atoms with Crippen molar-refractivity contribution in [2.75, 3.05) is 0 Å². The molecule has 0 spiro atoms. The largest absolute Gasteiger partial charge is 0.478 e. The zero-order valence-electron chi connectivity index (χ0n) is 24.8. The van der Waals surface area contributed by atoms with Crippen molar-refractivity contribution in [1.82, 2.24) is 9.88 Å². The fourth-order valence-corrected chi connectivity index (χ4v) is 5.24. The fraction of sp³-hybridized carbons (Fsp3) is 0.353. The second-order valence-corrected chi connectivity index (χ2v) is 11.8. The van der Waals surface area contributed by atoms with Gasteiger partial charge in [0.15, 0.2) is 6.10 Å². The Morgan fingerprint density at radius 2 is 1.66 bits per heavy atom. The Bertz CT molecular complexity index is 1590. The highest BCUT2D eigenvalue weighted by Gasteiger charge is 2.25. The fourth-order valence-electron chi connectivity index (χ4n) is 5.07. The third kappa shape index (κ3) is 6.59. The number of aromatic nitrogens is 1. The molecule has 0 aliphatic carbocycles. The van der Waals surface area contributed by atoms with E-state index >= 15 is 0 Å². The molecule has 41 heavy (non-hydrogen) atoms. The monoisotopic (exact) mass is 574 g/mol. The lowest BCUT2D eigenvalue weighted by molar-refractivity contribution is -0.147. The maximum absolute atomic E-state index is 13.3. The summed E-state index contributed by atoms with van der Waals surface area (Å²) in [7, 11) is 0. The molecule has 0 radical (unpaired) electrons. The molecule has 0 saturated carbocycles. The van der Waals surface area contributed by atoms with Crippen molar-refractivity contribution in [3.05, 3.63) is 99.2 Å². The number of nitrogens with one attached hydrogen (secondary N) is 1. The Balaban J connectivity index is 1.58. The van der Waals surface area contributed by atoms with Gasteiger partial charge in [-0.2, -0.15) is 0 Å². The van der Waals surface area contributed by atoms with Crippen LogP contribution in [0.15, 0.2) is 60.7 Å². The molecule has 0 fully saturated rings. The highest BCUT2D eigenvalue weighted by atomic mass is 35.5. The third-order valence-corrected chi connectivity index (χ3v) is 8.08. The summed E-state index contributed by atoms with van der Waals surface area (Å²) in [5, 5.41) is 14.1. The van der Waals surface area contributed by atoms with Gasteiger partial charge in [0.05, 0.1) is 11.1 Å². The van der Waals surface area contributed by atoms with Crippen LogP contribution in [0.1, 0.15) is 84.9 Å². The van der Waals surface area contributed by atoms with Gasteiger partial charge in [-0.05, 0) is 79.3 Å². The molecule has 0 aliphatic rings. The molecule has 4 rings (SSSR count). The number of carboxylic acids is 1. The van der Waals surface area contributed by atoms with E-state index in [0.717, 1.165) is 33.3 Å². The first-order chi connectivity index (χ1) is 19.4. The molecule has 4 aromatic rings. The van der Waals surface area contributed by atoms with E-state index in [1.807, 2.05) is 43.3 Å². The van der Waals surface area contributed by atoms with E-state index < -0.39 is 12.1 Å². The van der Waals surface area contributed by atoms with Gasteiger partial charge < -0.3 is 19.7 Å². The number of aryl methyl sites for hydroxylation is 1. The van der Waals surface area contributed by atoms with Crippen LogP contribution in [0.3, 0.4) is 0 Å². The molecule has 0 bridgehead atoms. The number of carbonyl (C=O) groups is 2. The average molecular weight is 575 g/mol. The summed E-state index contributed by atoms with van der Waals surface area (Å²) in [6.45, 7) is 14.6. The van der Waals surface area contributed by atoms with Crippen LogP contribution < -0.4 is 10.1 Å². The summed E-state index contributed by atoms with van der Waals surface area (Å²) in [5.74, 6) is -0.586.